The number of hydrogen-bond donors (Lipinski definition) is 0. The van der Waals surface area contributed by atoms with Crippen molar-refractivity contribution in [3.63, 3.8) is 0 Å². The Morgan fingerprint density at radius 1 is 1.00 bits per heavy atom. The van der Waals surface area contributed by atoms with Crippen LogP contribution in [0.15, 0.2) is 12.1 Å². The molecule has 0 atom stereocenters. The Hall–Kier alpha value is -1.12. The molecule has 19 heavy (non-hydrogen) atoms. The van der Waals surface area contributed by atoms with E-state index < -0.39 is 16.6 Å². The number of benzene rings is 1. The van der Waals surface area contributed by atoms with Crippen LogP contribution in [0.4, 0.5) is 0 Å². The maximum Gasteiger partial charge on any atom is 0.207 e. The van der Waals surface area contributed by atoms with Gasteiger partial charge in [0.15, 0.2) is 8.32 Å². The van der Waals surface area contributed by atoms with Crippen molar-refractivity contribution in [2.24, 2.45) is 0 Å². The van der Waals surface area contributed by atoms with Crippen LogP contribution >= 0.6 is 11.6 Å². The van der Waals surface area contributed by atoms with E-state index in [0.29, 0.717) is 16.1 Å². The molecule has 0 unspecified atom stereocenters. The van der Waals surface area contributed by atoms with Crippen LogP contribution < -0.4 is 5.19 Å². The van der Waals surface area contributed by atoms with Crippen molar-refractivity contribution in [1.29, 1.82) is 10.5 Å². The maximum atomic E-state index is 9.10. The minimum absolute atomic E-state index is 0.314. The van der Waals surface area contributed by atoms with E-state index in [1.807, 2.05) is 12.1 Å². The molecule has 0 amide bonds. The lowest BCUT2D eigenvalue weighted by molar-refractivity contribution is 0.566. The first-order valence-corrected chi connectivity index (χ1v) is 12.6. The van der Waals surface area contributed by atoms with Gasteiger partial charge in [-0.2, -0.15) is 10.5 Å². The third-order valence-electron chi connectivity index (χ3n) is 2.56. The number of rotatable bonds is 3. The Kier molecular flexibility index (Phi) is 4.60. The molecule has 0 fully saturated rings. The van der Waals surface area contributed by atoms with Gasteiger partial charge in [0.05, 0.1) is 11.1 Å². The predicted octanol–water partition coefficient (Wildman–Crippen LogP) is 3.35. The monoisotopic (exact) mass is 308 g/mol. The summed E-state index contributed by atoms with van der Waals surface area (Å²) < 4.78 is 6.27. The van der Waals surface area contributed by atoms with E-state index in [0.717, 1.165) is 5.19 Å². The van der Waals surface area contributed by atoms with Crippen molar-refractivity contribution < 1.29 is 4.12 Å². The zero-order valence-electron chi connectivity index (χ0n) is 11.8. The van der Waals surface area contributed by atoms with E-state index in [1.54, 1.807) is 12.1 Å². The summed E-state index contributed by atoms with van der Waals surface area (Å²) in [4.78, 5) is 0. The van der Waals surface area contributed by atoms with E-state index >= 15 is 0 Å². The lowest BCUT2D eigenvalue weighted by Gasteiger charge is -2.32. The lowest BCUT2D eigenvalue weighted by atomic mass is 10.1. The second-order valence-electron chi connectivity index (χ2n) is 5.83. The molecule has 100 valence electrons. The first-order chi connectivity index (χ1) is 8.60. The minimum atomic E-state index is -2.17. The van der Waals surface area contributed by atoms with Crippen molar-refractivity contribution in [3.05, 3.63) is 28.3 Å². The Morgan fingerprint density at radius 2 is 1.47 bits per heavy atom. The SMILES string of the molecule is C[Si](C)(C)O[Si](C)(C)c1cc(C#N)c(C#N)cc1Cl. The molecule has 0 saturated carbocycles. The smallest absolute Gasteiger partial charge is 0.207 e. The van der Waals surface area contributed by atoms with Crippen LogP contribution in [0.1, 0.15) is 11.1 Å². The molecule has 0 radical (unpaired) electrons. The Bertz CT molecular complexity index is 580. The molecule has 6 heteroatoms. The first-order valence-electron chi connectivity index (χ1n) is 5.95. The van der Waals surface area contributed by atoms with Gasteiger partial charge in [0, 0.05) is 5.02 Å². The van der Waals surface area contributed by atoms with Gasteiger partial charge in [0.25, 0.3) is 0 Å². The zero-order chi connectivity index (χ0) is 14.8. The summed E-state index contributed by atoms with van der Waals surface area (Å²) in [5, 5.41) is 19.5. The minimum Gasteiger partial charge on any atom is -0.452 e. The summed E-state index contributed by atoms with van der Waals surface area (Å²) in [7, 11) is -3.87. The largest absolute Gasteiger partial charge is 0.452 e. The molecule has 1 rings (SSSR count). The summed E-state index contributed by atoms with van der Waals surface area (Å²) in [5.74, 6) is 0. The molecule has 3 nitrogen and oxygen atoms in total. The number of hydrogen-bond acceptors (Lipinski definition) is 3. The van der Waals surface area contributed by atoms with E-state index in [1.165, 1.54) is 0 Å². The van der Waals surface area contributed by atoms with Crippen molar-refractivity contribution in [2.75, 3.05) is 0 Å². The van der Waals surface area contributed by atoms with Crippen LogP contribution in [0.2, 0.25) is 37.8 Å². The Labute approximate surface area is 121 Å². The fourth-order valence-corrected chi connectivity index (χ4v) is 10.6. The molecule has 0 aliphatic rings. The van der Waals surface area contributed by atoms with E-state index in [9.17, 15) is 0 Å². The molecular weight excluding hydrogens is 292 g/mol. The lowest BCUT2D eigenvalue weighted by Crippen LogP contribution is -2.52. The van der Waals surface area contributed by atoms with E-state index in [2.05, 4.69) is 32.7 Å². The highest BCUT2D eigenvalue weighted by atomic mass is 35.5. The molecular formula is C13H17ClN2OSi2. The molecule has 0 saturated heterocycles. The highest BCUT2D eigenvalue weighted by Crippen LogP contribution is 2.21. The van der Waals surface area contributed by atoms with Crippen LogP contribution in [0.5, 0.6) is 0 Å². The Balaban J connectivity index is 3.37. The molecule has 0 N–H and O–H groups in total. The molecule has 1 aromatic rings. The topological polar surface area (TPSA) is 56.8 Å². The maximum absolute atomic E-state index is 9.10. The molecule has 0 aromatic heterocycles. The average molecular weight is 309 g/mol. The van der Waals surface area contributed by atoms with Crippen LogP contribution in [-0.4, -0.2) is 16.6 Å². The van der Waals surface area contributed by atoms with Crippen LogP contribution in [0.3, 0.4) is 0 Å². The highest BCUT2D eigenvalue weighted by Gasteiger charge is 2.33. The summed E-state index contributed by atoms with van der Waals surface area (Å²) in [6.07, 6.45) is 0. The van der Waals surface area contributed by atoms with Crippen molar-refractivity contribution >= 4 is 33.4 Å². The number of nitrogens with zero attached hydrogens (tertiary/aromatic N) is 2. The van der Waals surface area contributed by atoms with Gasteiger partial charge in [-0.05, 0) is 50.1 Å². The zero-order valence-corrected chi connectivity index (χ0v) is 14.6. The molecule has 0 spiro atoms. The van der Waals surface area contributed by atoms with Crippen LogP contribution in [-0.2, 0) is 4.12 Å². The molecule has 0 heterocycles. The van der Waals surface area contributed by atoms with E-state index in [4.69, 9.17) is 26.2 Å². The molecule has 1 aromatic carbocycles. The fourth-order valence-electron chi connectivity index (χ4n) is 2.04. The molecule has 0 bridgehead atoms. The van der Waals surface area contributed by atoms with Crippen LogP contribution in [0, 0.1) is 22.7 Å². The van der Waals surface area contributed by atoms with Crippen molar-refractivity contribution in [3.8, 4) is 12.1 Å². The number of nitriles is 2. The van der Waals surface area contributed by atoms with Gasteiger partial charge in [0.2, 0.25) is 8.32 Å². The molecule has 0 aliphatic heterocycles. The Morgan fingerprint density at radius 3 is 1.89 bits per heavy atom. The summed E-state index contributed by atoms with van der Waals surface area (Å²) >= 11 is 6.26. The van der Waals surface area contributed by atoms with Gasteiger partial charge in [-0.15, -0.1) is 0 Å². The third kappa shape index (κ3) is 3.92. The summed E-state index contributed by atoms with van der Waals surface area (Å²) in [6, 6.07) is 7.32. The fraction of sp³-hybridized carbons (Fsp3) is 0.385. The average Bonchev–Trinajstić information content (AvgIpc) is 2.24. The van der Waals surface area contributed by atoms with Crippen molar-refractivity contribution in [2.45, 2.75) is 32.7 Å². The highest BCUT2D eigenvalue weighted by molar-refractivity contribution is 6.93. The first kappa shape index (κ1) is 15.9. The normalized spacial score (nSPS) is 11.8. The number of halogens is 1. The van der Waals surface area contributed by atoms with Crippen LogP contribution in [0.25, 0.3) is 0 Å². The third-order valence-corrected chi connectivity index (χ3v) is 9.23. The summed E-state index contributed by atoms with van der Waals surface area (Å²) in [6.45, 7) is 10.5. The van der Waals surface area contributed by atoms with Gasteiger partial charge < -0.3 is 4.12 Å². The van der Waals surface area contributed by atoms with E-state index in [-0.39, 0.29) is 0 Å². The molecule has 0 aliphatic carbocycles. The second-order valence-corrected chi connectivity index (χ2v) is 14.8. The quantitative estimate of drug-likeness (QED) is 0.805. The van der Waals surface area contributed by atoms with Gasteiger partial charge in [-0.25, -0.2) is 0 Å². The van der Waals surface area contributed by atoms with Crippen molar-refractivity contribution in [1.82, 2.24) is 0 Å². The summed E-state index contributed by atoms with van der Waals surface area (Å²) in [5.41, 5.74) is 0.677. The predicted molar refractivity (Wildman–Crippen MR) is 82.4 cm³/mol. The van der Waals surface area contributed by atoms with Gasteiger partial charge in [-0.1, -0.05) is 11.6 Å². The van der Waals surface area contributed by atoms with Gasteiger partial charge in [-0.3, -0.25) is 0 Å². The van der Waals surface area contributed by atoms with Gasteiger partial charge in [0.1, 0.15) is 12.1 Å². The standard InChI is InChI=1S/C13H17ClN2OSi2/c1-18(2,3)17-19(4,5)13-7-11(9-16)10(8-15)6-12(13)14/h6-7H,1-5H3. The van der Waals surface area contributed by atoms with Gasteiger partial charge >= 0.3 is 0 Å². The second kappa shape index (κ2) is 5.48.